The minimum atomic E-state index is -0.114. The molecule has 5 heteroatoms. The van der Waals surface area contributed by atoms with Gasteiger partial charge in [-0.05, 0) is 43.5 Å². The van der Waals surface area contributed by atoms with Crippen LogP contribution >= 0.6 is 0 Å². The number of aryl methyl sites for hydroxylation is 1. The Morgan fingerprint density at radius 3 is 2.50 bits per heavy atom. The van der Waals surface area contributed by atoms with E-state index in [-0.39, 0.29) is 17.7 Å². The number of carbonyl (C=O) groups excluding carboxylic acids is 2. The van der Waals surface area contributed by atoms with Gasteiger partial charge in [0.1, 0.15) is 0 Å². The largest absolute Gasteiger partial charge is 0.388 e. The molecule has 0 aliphatic heterocycles. The van der Waals surface area contributed by atoms with Crippen molar-refractivity contribution < 1.29 is 9.59 Å². The van der Waals surface area contributed by atoms with E-state index < -0.39 is 0 Å². The van der Waals surface area contributed by atoms with Gasteiger partial charge in [0.25, 0.3) is 5.91 Å². The predicted molar refractivity (Wildman–Crippen MR) is 78.8 cm³/mol. The molecule has 1 fully saturated rings. The summed E-state index contributed by atoms with van der Waals surface area (Å²) in [6, 6.07) is 5.53. The molecule has 1 aromatic carbocycles. The van der Waals surface area contributed by atoms with Crippen LogP contribution in [-0.4, -0.2) is 32.0 Å². The first-order valence-electron chi connectivity index (χ1n) is 6.96. The van der Waals surface area contributed by atoms with E-state index in [0.29, 0.717) is 18.7 Å². The molecule has 108 valence electrons. The highest BCUT2D eigenvalue weighted by Crippen LogP contribution is 2.28. The third-order valence-electron chi connectivity index (χ3n) is 3.42. The first kappa shape index (κ1) is 14.4. The van der Waals surface area contributed by atoms with Gasteiger partial charge in [0.15, 0.2) is 0 Å². The third-order valence-corrected chi connectivity index (χ3v) is 3.42. The minimum Gasteiger partial charge on any atom is -0.388 e. The lowest BCUT2D eigenvalue weighted by molar-refractivity contribution is -0.122. The van der Waals surface area contributed by atoms with Gasteiger partial charge in [-0.25, -0.2) is 0 Å². The summed E-state index contributed by atoms with van der Waals surface area (Å²) in [6.45, 7) is 2.89. The fraction of sp³-hybridized carbons (Fsp3) is 0.467. The van der Waals surface area contributed by atoms with Crippen molar-refractivity contribution in [2.24, 2.45) is 5.92 Å². The van der Waals surface area contributed by atoms with Crippen molar-refractivity contribution in [3.05, 3.63) is 29.3 Å². The van der Waals surface area contributed by atoms with Gasteiger partial charge in [0.2, 0.25) is 5.91 Å². The summed E-state index contributed by atoms with van der Waals surface area (Å²) >= 11 is 0. The maximum Gasteiger partial charge on any atom is 0.251 e. The topological polar surface area (TPSA) is 70.2 Å². The monoisotopic (exact) mass is 275 g/mol. The molecule has 0 unspecified atom stereocenters. The number of rotatable bonds is 6. The fourth-order valence-corrected chi connectivity index (χ4v) is 2.04. The summed E-state index contributed by atoms with van der Waals surface area (Å²) in [4.78, 5) is 23.3. The van der Waals surface area contributed by atoms with Crippen LogP contribution in [0, 0.1) is 12.8 Å². The maximum absolute atomic E-state index is 11.9. The molecule has 2 amide bonds. The van der Waals surface area contributed by atoms with E-state index in [1.165, 1.54) is 0 Å². The van der Waals surface area contributed by atoms with Gasteiger partial charge >= 0.3 is 0 Å². The average Bonchev–Trinajstić information content (AvgIpc) is 3.27. The van der Waals surface area contributed by atoms with Gasteiger partial charge < -0.3 is 16.0 Å². The average molecular weight is 275 g/mol. The summed E-state index contributed by atoms with van der Waals surface area (Å²) in [5.74, 6) is 0.201. The van der Waals surface area contributed by atoms with Crippen molar-refractivity contribution in [3.8, 4) is 0 Å². The van der Waals surface area contributed by atoms with E-state index in [1.54, 1.807) is 6.07 Å². The molecule has 5 nitrogen and oxygen atoms in total. The smallest absolute Gasteiger partial charge is 0.251 e. The van der Waals surface area contributed by atoms with Gasteiger partial charge in [-0.1, -0.05) is 0 Å². The Balaban J connectivity index is 1.76. The van der Waals surface area contributed by atoms with Crippen LogP contribution in [0.3, 0.4) is 0 Å². The van der Waals surface area contributed by atoms with Gasteiger partial charge in [-0.15, -0.1) is 0 Å². The SMILES string of the molecule is CNc1ccc(C(=O)NCCNC(=O)C2CC2)cc1C. The van der Waals surface area contributed by atoms with E-state index in [1.807, 2.05) is 26.1 Å². The van der Waals surface area contributed by atoms with Gasteiger partial charge in [0.05, 0.1) is 0 Å². The molecular formula is C15H21N3O2. The second kappa shape index (κ2) is 6.41. The van der Waals surface area contributed by atoms with Crippen molar-refractivity contribution in [2.75, 3.05) is 25.5 Å². The van der Waals surface area contributed by atoms with E-state index >= 15 is 0 Å². The Morgan fingerprint density at radius 1 is 1.20 bits per heavy atom. The summed E-state index contributed by atoms with van der Waals surface area (Å²) in [5.41, 5.74) is 2.68. The Hall–Kier alpha value is -2.04. The number of benzene rings is 1. The number of carbonyl (C=O) groups is 2. The van der Waals surface area contributed by atoms with Crippen LogP contribution in [-0.2, 0) is 4.79 Å². The Morgan fingerprint density at radius 2 is 1.90 bits per heavy atom. The molecule has 0 radical (unpaired) electrons. The number of nitrogens with one attached hydrogen (secondary N) is 3. The van der Waals surface area contributed by atoms with Crippen LogP contribution in [0.5, 0.6) is 0 Å². The lowest BCUT2D eigenvalue weighted by atomic mass is 10.1. The molecular weight excluding hydrogens is 254 g/mol. The standard InChI is InChI=1S/C15H21N3O2/c1-10-9-12(5-6-13(10)16-2)15(20)18-8-7-17-14(19)11-3-4-11/h5-6,9,11,16H,3-4,7-8H2,1-2H3,(H,17,19)(H,18,20). The minimum absolute atomic E-state index is 0.105. The summed E-state index contributed by atoms with van der Waals surface area (Å²) in [6.07, 6.45) is 1.99. The van der Waals surface area contributed by atoms with Crippen molar-refractivity contribution in [3.63, 3.8) is 0 Å². The van der Waals surface area contributed by atoms with Crippen molar-refractivity contribution in [2.45, 2.75) is 19.8 Å². The molecule has 0 bridgehead atoms. The summed E-state index contributed by atoms with van der Waals surface area (Å²) in [7, 11) is 1.85. The molecule has 2 rings (SSSR count). The zero-order valence-electron chi connectivity index (χ0n) is 12.0. The Kier molecular flexibility index (Phi) is 4.61. The van der Waals surface area contributed by atoms with Crippen LogP contribution in [0.25, 0.3) is 0 Å². The van der Waals surface area contributed by atoms with Gasteiger partial charge in [0, 0.05) is 37.3 Å². The highest BCUT2D eigenvalue weighted by atomic mass is 16.2. The second-order valence-corrected chi connectivity index (χ2v) is 5.10. The molecule has 1 saturated carbocycles. The first-order chi connectivity index (χ1) is 9.61. The van der Waals surface area contributed by atoms with E-state index in [4.69, 9.17) is 0 Å². The lowest BCUT2D eigenvalue weighted by Crippen LogP contribution is -2.35. The number of hydrogen-bond donors (Lipinski definition) is 3. The first-order valence-corrected chi connectivity index (χ1v) is 6.96. The molecule has 0 spiro atoms. The predicted octanol–water partition coefficient (Wildman–Crippen LogP) is 1.29. The van der Waals surface area contributed by atoms with Crippen LogP contribution < -0.4 is 16.0 Å². The van der Waals surface area contributed by atoms with E-state index in [9.17, 15) is 9.59 Å². The Bertz CT molecular complexity index is 510. The number of anilines is 1. The second-order valence-electron chi connectivity index (χ2n) is 5.10. The normalized spacial score (nSPS) is 13.7. The zero-order chi connectivity index (χ0) is 14.5. The van der Waals surface area contributed by atoms with Crippen LogP contribution in [0.2, 0.25) is 0 Å². The Labute approximate surface area is 119 Å². The third kappa shape index (κ3) is 3.73. The van der Waals surface area contributed by atoms with Crippen molar-refractivity contribution >= 4 is 17.5 Å². The highest BCUT2D eigenvalue weighted by molar-refractivity contribution is 5.94. The summed E-state index contributed by atoms with van der Waals surface area (Å²) < 4.78 is 0. The molecule has 0 aromatic heterocycles. The fourth-order valence-electron chi connectivity index (χ4n) is 2.04. The van der Waals surface area contributed by atoms with Gasteiger partial charge in [-0.2, -0.15) is 0 Å². The molecule has 1 aliphatic rings. The molecule has 20 heavy (non-hydrogen) atoms. The van der Waals surface area contributed by atoms with Gasteiger partial charge in [-0.3, -0.25) is 9.59 Å². The molecule has 1 aliphatic carbocycles. The lowest BCUT2D eigenvalue weighted by Gasteiger charge is -2.09. The van der Waals surface area contributed by atoms with Crippen molar-refractivity contribution in [1.29, 1.82) is 0 Å². The number of hydrogen-bond acceptors (Lipinski definition) is 3. The summed E-state index contributed by atoms with van der Waals surface area (Å²) in [5, 5.41) is 8.69. The molecule has 0 heterocycles. The van der Waals surface area contributed by atoms with Crippen molar-refractivity contribution in [1.82, 2.24) is 10.6 Å². The molecule has 0 atom stereocenters. The highest BCUT2D eigenvalue weighted by Gasteiger charge is 2.28. The van der Waals surface area contributed by atoms with Crippen LogP contribution in [0.15, 0.2) is 18.2 Å². The van der Waals surface area contributed by atoms with E-state index in [2.05, 4.69) is 16.0 Å². The molecule has 3 N–H and O–H groups in total. The zero-order valence-corrected chi connectivity index (χ0v) is 12.0. The van der Waals surface area contributed by atoms with Crippen LogP contribution in [0.1, 0.15) is 28.8 Å². The molecule has 1 aromatic rings. The number of amides is 2. The quantitative estimate of drug-likeness (QED) is 0.685. The van der Waals surface area contributed by atoms with E-state index in [0.717, 1.165) is 24.1 Å². The maximum atomic E-state index is 11.9. The van der Waals surface area contributed by atoms with Crippen LogP contribution in [0.4, 0.5) is 5.69 Å². The molecule has 0 saturated heterocycles.